The van der Waals surface area contributed by atoms with E-state index in [1.54, 1.807) is 47.2 Å². The number of carbonyl (C=O) groups excluding carboxylic acids is 1. The fraction of sp³-hybridized carbons (Fsp3) is 0.0400. The molecular formula is C25H20N2O4S. The molecule has 0 fully saturated rings. The summed E-state index contributed by atoms with van der Waals surface area (Å²) >= 11 is 0. The Morgan fingerprint density at radius 2 is 1.59 bits per heavy atom. The lowest BCUT2D eigenvalue weighted by Crippen LogP contribution is -1.97. The molecule has 0 unspecified atom stereocenters. The van der Waals surface area contributed by atoms with Crippen LogP contribution in [0.2, 0.25) is 0 Å². The van der Waals surface area contributed by atoms with Crippen LogP contribution < -0.4 is 0 Å². The molecule has 3 aromatic carbocycles. The molecular weight excluding hydrogens is 424 g/mol. The van der Waals surface area contributed by atoms with Crippen molar-refractivity contribution >= 4 is 21.7 Å². The molecule has 1 aromatic heterocycles. The number of aromatic nitrogens is 2. The molecule has 0 atom stereocenters. The number of hydrogen-bond acceptors (Lipinski definition) is 5. The highest BCUT2D eigenvalue weighted by Gasteiger charge is 2.13. The summed E-state index contributed by atoms with van der Waals surface area (Å²) in [5, 5.41) is 14.1. The van der Waals surface area contributed by atoms with Crippen LogP contribution in [0.15, 0.2) is 96.0 Å². The van der Waals surface area contributed by atoms with Crippen LogP contribution in [0.5, 0.6) is 5.75 Å². The Morgan fingerprint density at radius 3 is 2.22 bits per heavy atom. The number of hydrogen-bond donors (Lipinski definition) is 1. The average Bonchev–Trinajstić information content (AvgIpc) is 3.22. The highest BCUT2D eigenvalue weighted by atomic mass is 32.2. The minimum Gasteiger partial charge on any atom is -0.508 e. The number of ketones is 1. The second kappa shape index (κ2) is 8.64. The van der Waals surface area contributed by atoms with Gasteiger partial charge in [0.25, 0.3) is 0 Å². The van der Waals surface area contributed by atoms with Gasteiger partial charge in [0.2, 0.25) is 0 Å². The molecule has 0 bridgehead atoms. The smallest absolute Gasteiger partial charge is 0.185 e. The fourth-order valence-electron chi connectivity index (χ4n) is 3.19. The van der Waals surface area contributed by atoms with E-state index in [0.717, 1.165) is 17.5 Å². The number of rotatable bonds is 6. The van der Waals surface area contributed by atoms with Gasteiger partial charge in [-0.25, -0.2) is 13.1 Å². The third kappa shape index (κ3) is 4.68. The van der Waals surface area contributed by atoms with Crippen LogP contribution in [0.4, 0.5) is 0 Å². The van der Waals surface area contributed by atoms with E-state index < -0.39 is 9.84 Å². The first-order chi connectivity index (χ1) is 15.3. The van der Waals surface area contributed by atoms with Crippen molar-refractivity contribution in [1.82, 2.24) is 9.78 Å². The second-order valence-electron chi connectivity index (χ2n) is 7.25. The molecule has 0 saturated carbocycles. The highest BCUT2D eigenvalue weighted by molar-refractivity contribution is 7.90. The number of phenolic OH excluding ortho intramolecular Hbond substituents is 1. The molecule has 1 heterocycles. The van der Waals surface area contributed by atoms with E-state index in [-0.39, 0.29) is 16.4 Å². The molecule has 4 aromatic rings. The summed E-state index contributed by atoms with van der Waals surface area (Å²) < 4.78 is 25.3. The normalized spacial score (nSPS) is 11.7. The largest absolute Gasteiger partial charge is 0.508 e. The first kappa shape index (κ1) is 21.3. The quantitative estimate of drug-likeness (QED) is 0.348. The van der Waals surface area contributed by atoms with Gasteiger partial charge in [0, 0.05) is 29.1 Å². The summed E-state index contributed by atoms with van der Waals surface area (Å²) in [6.07, 6.45) is 6.11. The number of allylic oxidation sites excluding steroid dienone is 1. The van der Waals surface area contributed by atoms with E-state index in [1.165, 1.54) is 18.2 Å². The lowest BCUT2D eigenvalue weighted by Gasteiger charge is -2.02. The summed E-state index contributed by atoms with van der Waals surface area (Å²) in [5.74, 6) is -0.120. The Kier molecular flexibility index (Phi) is 5.75. The summed E-state index contributed by atoms with van der Waals surface area (Å²) in [5.41, 5.74) is 3.35. The Labute approximate surface area is 186 Å². The molecule has 0 radical (unpaired) electrons. The van der Waals surface area contributed by atoms with Crippen molar-refractivity contribution < 1.29 is 18.3 Å². The van der Waals surface area contributed by atoms with Crippen LogP contribution >= 0.6 is 0 Å². The standard InChI is InChI=1S/C25H20N2O4S/c1-32(30,31)23-14-9-19(10-15-23)25-20(17-27(26-25)21-5-3-2-4-6-21)11-16-24(29)18-7-12-22(28)13-8-18/h2-17,28H,1H3/b16-11+. The lowest BCUT2D eigenvalue weighted by atomic mass is 10.1. The van der Waals surface area contributed by atoms with Gasteiger partial charge in [-0.15, -0.1) is 0 Å². The van der Waals surface area contributed by atoms with Crippen molar-refractivity contribution in [2.24, 2.45) is 0 Å². The minimum absolute atomic E-state index is 0.0921. The topological polar surface area (TPSA) is 89.3 Å². The van der Waals surface area contributed by atoms with Gasteiger partial charge in [-0.2, -0.15) is 5.10 Å². The van der Waals surface area contributed by atoms with Gasteiger partial charge in [-0.05, 0) is 60.7 Å². The van der Waals surface area contributed by atoms with E-state index in [9.17, 15) is 18.3 Å². The molecule has 0 aliphatic carbocycles. The highest BCUT2D eigenvalue weighted by Crippen LogP contribution is 2.26. The lowest BCUT2D eigenvalue weighted by molar-refractivity contribution is 0.104. The van der Waals surface area contributed by atoms with E-state index in [0.29, 0.717) is 16.8 Å². The van der Waals surface area contributed by atoms with Gasteiger partial charge in [-0.3, -0.25) is 4.79 Å². The Morgan fingerprint density at radius 1 is 0.938 bits per heavy atom. The van der Waals surface area contributed by atoms with Crippen molar-refractivity contribution in [3.63, 3.8) is 0 Å². The maximum atomic E-state index is 12.5. The van der Waals surface area contributed by atoms with Crippen molar-refractivity contribution in [2.75, 3.05) is 6.26 Å². The van der Waals surface area contributed by atoms with Crippen molar-refractivity contribution in [3.8, 4) is 22.7 Å². The third-order valence-corrected chi connectivity index (χ3v) is 6.01. The molecule has 6 nitrogen and oxygen atoms in total. The van der Waals surface area contributed by atoms with Crippen LogP contribution in [0.3, 0.4) is 0 Å². The monoisotopic (exact) mass is 444 g/mol. The summed E-state index contributed by atoms with van der Waals surface area (Å²) in [6, 6.07) is 22.1. The number of nitrogens with zero attached hydrogens (tertiary/aromatic N) is 2. The molecule has 160 valence electrons. The number of benzene rings is 3. The number of para-hydroxylation sites is 1. The van der Waals surface area contributed by atoms with Crippen molar-refractivity contribution in [3.05, 3.63) is 102 Å². The van der Waals surface area contributed by atoms with Crippen molar-refractivity contribution in [2.45, 2.75) is 4.90 Å². The van der Waals surface area contributed by atoms with Gasteiger partial charge in [0.1, 0.15) is 5.75 Å². The summed E-state index contributed by atoms with van der Waals surface area (Å²) in [6.45, 7) is 0. The molecule has 1 N–H and O–H groups in total. The number of carbonyl (C=O) groups is 1. The summed E-state index contributed by atoms with van der Waals surface area (Å²) in [4.78, 5) is 12.8. The zero-order valence-corrected chi connectivity index (χ0v) is 18.0. The average molecular weight is 445 g/mol. The first-order valence-corrected chi connectivity index (χ1v) is 11.7. The van der Waals surface area contributed by atoms with Crippen LogP contribution in [0.25, 0.3) is 23.0 Å². The van der Waals surface area contributed by atoms with Gasteiger partial charge >= 0.3 is 0 Å². The van der Waals surface area contributed by atoms with Gasteiger partial charge in [-0.1, -0.05) is 30.3 Å². The fourth-order valence-corrected chi connectivity index (χ4v) is 3.82. The van der Waals surface area contributed by atoms with Crippen LogP contribution in [-0.2, 0) is 9.84 Å². The van der Waals surface area contributed by atoms with E-state index in [4.69, 9.17) is 0 Å². The van der Waals surface area contributed by atoms with Crippen LogP contribution in [0, 0.1) is 0 Å². The summed E-state index contributed by atoms with van der Waals surface area (Å²) in [7, 11) is -3.31. The van der Waals surface area contributed by atoms with E-state index in [2.05, 4.69) is 5.10 Å². The van der Waals surface area contributed by atoms with Crippen LogP contribution in [0.1, 0.15) is 15.9 Å². The van der Waals surface area contributed by atoms with E-state index >= 15 is 0 Å². The molecule has 0 aliphatic rings. The maximum absolute atomic E-state index is 12.5. The predicted molar refractivity (Wildman–Crippen MR) is 124 cm³/mol. The van der Waals surface area contributed by atoms with Gasteiger partial charge < -0.3 is 5.11 Å². The minimum atomic E-state index is -3.31. The van der Waals surface area contributed by atoms with Crippen molar-refractivity contribution in [1.29, 1.82) is 0 Å². The molecule has 0 aliphatic heterocycles. The Balaban J connectivity index is 1.74. The first-order valence-electron chi connectivity index (χ1n) is 9.78. The van der Waals surface area contributed by atoms with Gasteiger partial charge in [0.05, 0.1) is 16.3 Å². The molecule has 0 saturated heterocycles. The number of sulfone groups is 1. The molecule has 0 spiro atoms. The Hall–Kier alpha value is -3.97. The zero-order chi connectivity index (χ0) is 22.7. The second-order valence-corrected chi connectivity index (χ2v) is 9.27. The molecule has 0 amide bonds. The zero-order valence-electron chi connectivity index (χ0n) is 17.2. The van der Waals surface area contributed by atoms with Gasteiger partial charge in [0.15, 0.2) is 15.6 Å². The van der Waals surface area contributed by atoms with Crippen LogP contribution in [-0.4, -0.2) is 35.3 Å². The maximum Gasteiger partial charge on any atom is 0.185 e. The molecule has 7 heteroatoms. The molecule has 32 heavy (non-hydrogen) atoms. The predicted octanol–water partition coefficient (Wildman–Crippen LogP) is 4.54. The number of phenols is 1. The van der Waals surface area contributed by atoms with E-state index in [1.807, 2.05) is 36.5 Å². The molecule has 4 rings (SSSR count). The SMILES string of the molecule is CS(=O)(=O)c1ccc(-c2nn(-c3ccccc3)cc2/C=C/C(=O)c2ccc(O)cc2)cc1. The number of aromatic hydroxyl groups is 1. The third-order valence-electron chi connectivity index (χ3n) is 4.89. The Bertz CT molecular complexity index is 1390.